The molecule has 4 aromatic rings. The van der Waals surface area contributed by atoms with Crippen LogP contribution in [0.25, 0.3) is 22.4 Å². The Morgan fingerprint density at radius 2 is 2.03 bits per heavy atom. The summed E-state index contributed by atoms with van der Waals surface area (Å²) in [5.74, 6) is 1.91. The lowest BCUT2D eigenvalue weighted by atomic mass is 10.0. The highest BCUT2D eigenvalue weighted by molar-refractivity contribution is 5.79. The highest BCUT2D eigenvalue weighted by atomic mass is 16.5. The molecule has 0 aliphatic carbocycles. The number of carbonyl (C=O) groups excluding carboxylic acids is 1. The molecule has 2 aromatic carbocycles. The molecule has 0 radical (unpaired) electrons. The third-order valence-corrected chi connectivity index (χ3v) is 5.33. The smallest absolute Gasteiger partial charge is 0.261 e. The predicted octanol–water partition coefficient (Wildman–Crippen LogP) is 2.88. The van der Waals surface area contributed by atoms with Gasteiger partial charge in [-0.3, -0.25) is 15.0 Å². The van der Waals surface area contributed by atoms with Crippen LogP contribution >= 0.6 is 0 Å². The highest BCUT2D eigenvalue weighted by Crippen LogP contribution is 2.30. The van der Waals surface area contributed by atoms with Crippen molar-refractivity contribution in [2.75, 3.05) is 13.2 Å². The number of amides is 1. The standard InChI is InChI=1S/C21H21N7O2/c29-19(13-30-15-6-2-1-3-7-15)28-11-5-4-8-18(28)21-22-20(25-26-21)14-9-10-16-17(12-14)24-27-23-16/h1-3,6-7,9-10,12,18H,4-5,8,11,13H2,(H,22,25,26)(H,23,24,27). The first-order valence-corrected chi connectivity index (χ1v) is 9.99. The Morgan fingerprint density at radius 3 is 2.93 bits per heavy atom. The molecule has 9 nitrogen and oxygen atoms in total. The first kappa shape index (κ1) is 18.3. The Morgan fingerprint density at radius 1 is 1.13 bits per heavy atom. The van der Waals surface area contributed by atoms with E-state index in [-0.39, 0.29) is 18.6 Å². The minimum Gasteiger partial charge on any atom is -0.484 e. The van der Waals surface area contributed by atoms with Crippen LogP contribution in [-0.2, 0) is 4.79 Å². The Kier molecular flexibility index (Phi) is 4.84. The van der Waals surface area contributed by atoms with Gasteiger partial charge in [0, 0.05) is 12.1 Å². The van der Waals surface area contributed by atoms with E-state index in [9.17, 15) is 4.79 Å². The summed E-state index contributed by atoms with van der Waals surface area (Å²) in [4.78, 5) is 19.4. The van der Waals surface area contributed by atoms with Crippen LogP contribution in [0.2, 0.25) is 0 Å². The maximum absolute atomic E-state index is 12.9. The van der Waals surface area contributed by atoms with Crippen LogP contribution < -0.4 is 4.74 Å². The molecule has 9 heteroatoms. The number of fused-ring (bicyclic) bond motifs is 1. The van der Waals surface area contributed by atoms with E-state index in [2.05, 4.69) is 25.6 Å². The fraction of sp³-hybridized carbons (Fsp3) is 0.286. The molecule has 1 atom stereocenters. The number of rotatable bonds is 5. The quantitative estimate of drug-likeness (QED) is 0.530. The van der Waals surface area contributed by atoms with Gasteiger partial charge < -0.3 is 9.64 Å². The lowest BCUT2D eigenvalue weighted by Gasteiger charge is -2.34. The minimum absolute atomic E-state index is 0.00496. The van der Waals surface area contributed by atoms with Crippen molar-refractivity contribution in [3.05, 3.63) is 54.4 Å². The molecule has 2 aromatic heterocycles. The van der Waals surface area contributed by atoms with E-state index in [0.717, 1.165) is 35.9 Å². The molecule has 3 heterocycles. The first-order chi connectivity index (χ1) is 14.8. The number of hydrogen-bond acceptors (Lipinski definition) is 6. The van der Waals surface area contributed by atoms with Gasteiger partial charge in [0.05, 0.1) is 11.6 Å². The van der Waals surface area contributed by atoms with Crippen molar-refractivity contribution in [1.82, 2.24) is 35.5 Å². The van der Waals surface area contributed by atoms with Gasteiger partial charge in [0.2, 0.25) is 0 Å². The Balaban J connectivity index is 1.33. The van der Waals surface area contributed by atoms with Gasteiger partial charge in [-0.1, -0.05) is 23.4 Å². The molecule has 2 N–H and O–H groups in total. The van der Waals surface area contributed by atoms with Crippen LogP contribution in [-0.4, -0.2) is 54.6 Å². The maximum Gasteiger partial charge on any atom is 0.261 e. The molecule has 0 spiro atoms. The zero-order chi connectivity index (χ0) is 20.3. The molecule has 0 saturated carbocycles. The second-order valence-corrected chi connectivity index (χ2v) is 7.29. The number of aromatic amines is 2. The summed E-state index contributed by atoms with van der Waals surface area (Å²) in [7, 11) is 0. The molecule has 152 valence electrons. The number of para-hydroxylation sites is 1. The van der Waals surface area contributed by atoms with E-state index in [1.54, 1.807) is 0 Å². The molecular formula is C21H21N7O2. The summed E-state index contributed by atoms with van der Waals surface area (Å²) in [6.07, 6.45) is 2.85. The van der Waals surface area contributed by atoms with E-state index in [4.69, 9.17) is 9.72 Å². The average molecular weight is 403 g/mol. The Labute approximate surface area is 172 Å². The first-order valence-electron chi connectivity index (χ1n) is 9.99. The van der Waals surface area contributed by atoms with Crippen molar-refractivity contribution in [3.8, 4) is 17.1 Å². The molecule has 1 amide bonds. The second-order valence-electron chi connectivity index (χ2n) is 7.29. The van der Waals surface area contributed by atoms with Gasteiger partial charge in [0.25, 0.3) is 5.91 Å². The number of carbonyl (C=O) groups is 1. The van der Waals surface area contributed by atoms with E-state index in [0.29, 0.717) is 23.9 Å². The number of ether oxygens (including phenoxy) is 1. The molecule has 30 heavy (non-hydrogen) atoms. The third-order valence-electron chi connectivity index (χ3n) is 5.33. The largest absolute Gasteiger partial charge is 0.484 e. The van der Waals surface area contributed by atoms with E-state index in [1.807, 2.05) is 53.4 Å². The van der Waals surface area contributed by atoms with Gasteiger partial charge in [-0.15, -0.1) is 5.10 Å². The van der Waals surface area contributed by atoms with Crippen molar-refractivity contribution in [2.45, 2.75) is 25.3 Å². The molecule has 1 aliphatic heterocycles. The average Bonchev–Trinajstić information content (AvgIpc) is 3.47. The second kappa shape index (κ2) is 7.94. The van der Waals surface area contributed by atoms with E-state index < -0.39 is 0 Å². The summed E-state index contributed by atoms with van der Waals surface area (Å²) in [5.41, 5.74) is 2.47. The van der Waals surface area contributed by atoms with Gasteiger partial charge in [-0.25, -0.2) is 4.98 Å². The van der Waals surface area contributed by atoms with E-state index in [1.165, 1.54) is 0 Å². The van der Waals surface area contributed by atoms with Crippen LogP contribution in [0.15, 0.2) is 48.5 Å². The topological polar surface area (TPSA) is 113 Å². The Hall–Kier alpha value is -3.75. The SMILES string of the molecule is O=C(COc1ccccc1)N1CCCCC1c1nc(-c2ccc3nn[nH]c3c2)n[nH]1. The maximum atomic E-state index is 12.9. The molecule has 1 saturated heterocycles. The van der Waals surface area contributed by atoms with Crippen molar-refractivity contribution in [3.63, 3.8) is 0 Å². The molecule has 5 rings (SSSR count). The molecule has 1 aliphatic rings. The van der Waals surface area contributed by atoms with Crippen molar-refractivity contribution in [2.24, 2.45) is 0 Å². The monoisotopic (exact) mass is 403 g/mol. The fourth-order valence-electron chi connectivity index (χ4n) is 3.80. The van der Waals surface area contributed by atoms with E-state index >= 15 is 0 Å². The number of aromatic nitrogens is 6. The van der Waals surface area contributed by atoms with Crippen molar-refractivity contribution >= 4 is 16.9 Å². The molecule has 0 bridgehead atoms. The van der Waals surface area contributed by atoms with Gasteiger partial charge in [-0.2, -0.15) is 5.10 Å². The predicted molar refractivity (Wildman–Crippen MR) is 110 cm³/mol. The third kappa shape index (κ3) is 3.61. The van der Waals surface area contributed by atoms with Crippen molar-refractivity contribution in [1.29, 1.82) is 0 Å². The zero-order valence-corrected chi connectivity index (χ0v) is 16.3. The van der Waals surface area contributed by atoms with Gasteiger partial charge in [0.15, 0.2) is 12.4 Å². The number of likely N-dealkylation sites (tertiary alicyclic amines) is 1. The lowest BCUT2D eigenvalue weighted by Crippen LogP contribution is -2.41. The minimum atomic E-state index is -0.135. The summed E-state index contributed by atoms with van der Waals surface area (Å²) in [6, 6.07) is 14.9. The number of H-pyrrole nitrogens is 2. The lowest BCUT2D eigenvalue weighted by molar-refractivity contribution is -0.137. The number of hydrogen-bond donors (Lipinski definition) is 2. The normalized spacial score (nSPS) is 16.7. The van der Waals surface area contributed by atoms with Crippen LogP contribution in [0.1, 0.15) is 31.1 Å². The van der Waals surface area contributed by atoms with Crippen LogP contribution in [0.4, 0.5) is 0 Å². The number of nitrogens with one attached hydrogen (secondary N) is 2. The number of benzene rings is 2. The Bertz CT molecular complexity index is 1150. The van der Waals surface area contributed by atoms with Crippen molar-refractivity contribution < 1.29 is 9.53 Å². The summed E-state index contributed by atoms with van der Waals surface area (Å²) < 4.78 is 5.66. The van der Waals surface area contributed by atoms with Crippen LogP contribution in [0.5, 0.6) is 5.75 Å². The zero-order valence-electron chi connectivity index (χ0n) is 16.3. The number of piperidine rings is 1. The fourth-order valence-corrected chi connectivity index (χ4v) is 3.80. The summed E-state index contributed by atoms with van der Waals surface area (Å²) >= 11 is 0. The summed E-state index contributed by atoms with van der Waals surface area (Å²) in [6.45, 7) is 0.689. The van der Waals surface area contributed by atoms with Gasteiger partial charge in [-0.05, 0) is 49.6 Å². The molecular weight excluding hydrogens is 382 g/mol. The van der Waals surface area contributed by atoms with Gasteiger partial charge in [0.1, 0.15) is 17.1 Å². The molecule has 1 unspecified atom stereocenters. The van der Waals surface area contributed by atoms with Gasteiger partial charge >= 0.3 is 0 Å². The highest BCUT2D eigenvalue weighted by Gasteiger charge is 2.30. The van der Waals surface area contributed by atoms with Crippen LogP contribution in [0, 0.1) is 0 Å². The summed E-state index contributed by atoms with van der Waals surface area (Å²) in [5, 5.41) is 18.1. The van der Waals surface area contributed by atoms with Crippen LogP contribution in [0.3, 0.4) is 0 Å². The molecule has 1 fully saturated rings. The number of nitrogens with zero attached hydrogens (tertiary/aromatic N) is 5.